The number of nitrogens with zero attached hydrogens (tertiary/aromatic N) is 4. The van der Waals surface area contributed by atoms with Gasteiger partial charge in [0, 0.05) is 23.3 Å². The lowest BCUT2D eigenvalue weighted by Crippen LogP contribution is -2.43. The number of nitrogens with one attached hydrogen (secondary N) is 3. The molecule has 3 aromatic heterocycles. The summed E-state index contributed by atoms with van der Waals surface area (Å²) < 4.78 is 51.0. The largest absolute Gasteiger partial charge is 0.405 e. The van der Waals surface area contributed by atoms with Crippen molar-refractivity contribution < 1.29 is 22.4 Å². The van der Waals surface area contributed by atoms with Gasteiger partial charge in [-0.25, -0.2) is 24.3 Å². The van der Waals surface area contributed by atoms with Gasteiger partial charge in [0.2, 0.25) is 5.91 Å². The van der Waals surface area contributed by atoms with Crippen molar-refractivity contribution in [1.82, 2.24) is 30.2 Å². The number of hydrogen-bond donors (Lipinski definition) is 3. The minimum Gasteiger partial charge on any atom is -0.356 e. The summed E-state index contributed by atoms with van der Waals surface area (Å²) in [4.78, 5) is 30.8. The smallest absolute Gasteiger partial charge is 0.356 e. The maximum atomic E-state index is 14.1. The number of H-pyrrole nitrogens is 1. The molecule has 0 saturated carbocycles. The highest BCUT2D eigenvalue weighted by molar-refractivity contribution is 5.91. The number of aromatic nitrogens is 5. The van der Waals surface area contributed by atoms with Crippen molar-refractivity contribution in [1.29, 1.82) is 0 Å². The molecule has 3 heterocycles. The summed E-state index contributed by atoms with van der Waals surface area (Å²) in [6, 6.07) is -1.11. The maximum Gasteiger partial charge on any atom is 0.405 e. The van der Waals surface area contributed by atoms with E-state index in [9.17, 15) is 22.4 Å². The molecule has 3 N–H and O–H groups in total. The van der Waals surface area contributed by atoms with E-state index >= 15 is 0 Å². The van der Waals surface area contributed by atoms with Crippen LogP contribution in [0.4, 0.5) is 23.4 Å². The van der Waals surface area contributed by atoms with Crippen LogP contribution in [0.5, 0.6) is 0 Å². The second kappa shape index (κ2) is 7.74. The predicted molar refractivity (Wildman–Crippen MR) is 91.6 cm³/mol. The summed E-state index contributed by atoms with van der Waals surface area (Å²) in [5, 5.41) is 4.91. The van der Waals surface area contributed by atoms with Gasteiger partial charge in [-0.2, -0.15) is 13.2 Å². The Hall–Kier alpha value is -3.31. The molecule has 1 unspecified atom stereocenters. The van der Waals surface area contributed by atoms with Crippen LogP contribution in [0, 0.1) is 5.82 Å². The first-order chi connectivity index (χ1) is 13.3. The number of alkyl halides is 3. The SMILES string of the molecule is CCC(Nc1nc(-c2c[nH]c3ncncc23)ncc1F)C(=O)NCC(F)(F)F. The van der Waals surface area contributed by atoms with E-state index in [1.807, 2.05) is 0 Å². The summed E-state index contributed by atoms with van der Waals surface area (Å²) in [7, 11) is 0. The van der Waals surface area contributed by atoms with Gasteiger partial charge in [-0.05, 0) is 6.42 Å². The van der Waals surface area contributed by atoms with Crippen LogP contribution in [-0.2, 0) is 4.79 Å². The average Bonchev–Trinajstić information content (AvgIpc) is 3.09. The monoisotopic (exact) mass is 397 g/mol. The topological polar surface area (TPSA) is 108 Å². The van der Waals surface area contributed by atoms with E-state index in [0.29, 0.717) is 16.6 Å². The van der Waals surface area contributed by atoms with E-state index in [1.165, 1.54) is 12.5 Å². The third kappa shape index (κ3) is 4.32. The van der Waals surface area contributed by atoms with Crippen LogP contribution in [0.3, 0.4) is 0 Å². The molecule has 28 heavy (non-hydrogen) atoms. The number of halogens is 4. The van der Waals surface area contributed by atoms with Crippen LogP contribution in [0.25, 0.3) is 22.4 Å². The van der Waals surface area contributed by atoms with E-state index in [-0.39, 0.29) is 18.1 Å². The van der Waals surface area contributed by atoms with Gasteiger partial charge in [0.25, 0.3) is 0 Å². The summed E-state index contributed by atoms with van der Waals surface area (Å²) in [5.41, 5.74) is 1.04. The Morgan fingerprint density at radius 3 is 2.79 bits per heavy atom. The summed E-state index contributed by atoms with van der Waals surface area (Å²) in [6.07, 6.45) is 0.944. The molecule has 0 fully saturated rings. The van der Waals surface area contributed by atoms with Crippen LogP contribution in [-0.4, -0.2) is 49.6 Å². The van der Waals surface area contributed by atoms with Crippen molar-refractivity contribution in [2.45, 2.75) is 25.6 Å². The second-order valence-electron chi connectivity index (χ2n) is 5.82. The standard InChI is InChI=1S/C16H15F4N7O/c1-2-11(15(28)24-6-16(18,19)20)26-14-10(17)5-23-13(27-14)9-4-22-12-8(9)3-21-7-25-12/h3-5,7,11H,2,6H2,1H3,(H,24,28)(H,21,22,25)(H,23,26,27). The molecule has 0 spiro atoms. The number of amides is 1. The molecule has 12 heteroatoms. The van der Waals surface area contributed by atoms with Gasteiger partial charge in [0.1, 0.15) is 24.6 Å². The van der Waals surface area contributed by atoms with Gasteiger partial charge in [-0.3, -0.25) is 4.79 Å². The van der Waals surface area contributed by atoms with Crippen LogP contribution < -0.4 is 10.6 Å². The Bertz CT molecular complexity index is 989. The lowest BCUT2D eigenvalue weighted by Gasteiger charge is -2.18. The lowest BCUT2D eigenvalue weighted by atomic mass is 10.2. The number of rotatable bonds is 6. The quantitative estimate of drug-likeness (QED) is 0.552. The highest BCUT2D eigenvalue weighted by Crippen LogP contribution is 2.25. The van der Waals surface area contributed by atoms with Gasteiger partial charge in [0.15, 0.2) is 17.5 Å². The van der Waals surface area contributed by atoms with E-state index < -0.39 is 30.5 Å². The number of hydrogen-bond acceptors (Lipinski definition) is 6. The molecule has 0 aliphatic heterocycles. The molecule has 0 radical (unpaired) electrons. The first kappa shape index (κ1) is 19.5. The highest BCUT2D eigenvalue weighted by atomic mass is 19.4. The second-order valence-corrected chi connectivity index (χ2v) is 5.82. The third-order valence-corrected chi connectivity index (χ3v) is 3.84. The molecule has 0 bridgehead atoms. The molecule has 0 aromatic carbocycles. The summed E-state index contributed by atoms with van der Waals surface area (Å²) >= 11 is 0. The molecule has 3 aromatic rings. The minimum atomic E-state index is -4.54. The van der Waals surface area contributed by atoms with Gasteiger partial charge in [-0.1, -0.05) is 6.92 Å². The molecule has 1 amide bonds. The van der Waals surface area contributed by atoms with Gasteiger partial charge < -0.3 is 15.6 Å². The molecular weight excluding hydrogens is 382 g/mol. The van der Waals surface area contributed by atoms with Crippen molar-refractivity contribution in [2.24, 2.45) is 0 Å². The average molecular weight is 397 g/mol. The number of carbonyl (C=O) groups excluding carboxylic acids is 1. The fourth-order valence-corrected chi connectivity index (χ4v) is 2.47. The first-order valence-corrected chi connectivity index (χ1v) is 8.19. The minimum absolute atomic E-state index is 0.114. The molecule has 0 saturated heterocycles. The number of anilines is 1. The van der Waals surface area contributed by atoms with Crippen molar-refractivity contribution in [3.8, 4) is 11.4 Å². The number of fused-ring (bicyclic) bond motifs is 1. The lowest BCUT2D eigenvalue weighted by molar-refractivity contribution is -0.138. The maximum absolute atomic E-state index is 14.1. The highest BCUT2D eigenvalue weighted by Gasteiger charge is 2.29. The van der Waals surface area contributed by atoms with Crippen LogP contribution in [0.15, 0.2) is 24.9 Å². The van der Waals surface area contributed by atoms with Gasteiger partial charge in [0.05, 0.1) is 6.20 Å². The fraction of sp³-hybridized carbons (Fsp3) is 0.312. The molecular formula is C16H15F4N7O. The number of carbonyl (C=O) groups is 1. The van der Waals surface area contributed by atoms with Crippen LogP contribution >= 0.6 is 0 Å². The van der Waals surface area contributed by atoms with Crippen molar-refractivity contribution in [3.63, 3.8) is 0 Å². The first-order valence-electron chi connectivity index (χ1n) is 8.19. The van der Waals surface area contributed by atoms with Crippen molar-refractivity contribution >= 4 is 22.8 Å². The van der Waals surface area contributed by atoms with Crippen molar-refractivity contribution in [2.75, 3.05) is 11.9 Å². The Labute approximate surface area is 155 Å². The summed E-state index contributed by atoms with van der Waals surface area (Å²) in [6.45, 7) is 0.0959. The molecule has 1 atom stereocenters. The van der Waals surface area contributed by atoms with E-state index in [1.54, 1.807) is 18.4 Å². The van der Waals surface area contributed by atoms with Crippen LogP contribution in [0.1, 0.15) is 13.3 Å². The normalized spacial score (nSPS) is 12.8. The van der Waals surface area contributed by atoms with E-state index in [0.717, 1.165) is 6.20 Å². The Kier molecular flexibility index (Phi) is 5.38. The zero-order chi connectivity index (χ0) is 20.3. The Balaban J connectivity index is 1.84. The molecule has 8 nitrogen and oxygen atoms in total. The zero-order valence-corrected chi connectivity index (χ0v) is 14.5. The fourth-order valence-electron chi connectivity index (χ4n) is 2.47. The Morgan fingerprint density at radius 1 is 1.29 bits per heavy atom. The molecule has 0 aliphatic carbocycles. The van der Waals surface area contributed by atoms with E-state index in [4.69, 9.17) is 0 Å². The molecule has 0 aliphatic rings. The Morgan fingerprint density at radius 2 is 2.07 bits per heavy atom. The van der Waals surface area contributed by atoms with Crippen LogP contribution in [0.2, 0.25) is 0 Å². The number of aromatic amines is 1. The molecule has 148 valence electrons. The third-order valence-electron chi connectivity index (χ3n) is 3.84. The van der Waals surface area contributed by atoms with Crippen molar-refractivity contribution in [3.05, 3.63) is 30.7 Å². The van der Waals surface area contributed by atoms with E-state index in [2.05, 4.69) is 30.2 Å². The zero-order valence-electron chi connectivity index (χ0n) is 14.5. The van der Waals surface area contributed by atoms with Gasteiger partial charge >= 0.3 is 6.18 Å². The predicted octanol–water partition coefficient (Wildman–Crippen LogP) is 2.42. The summed E-state index contributed by atoms with van der Waals surface area (Å²) in [5.74, 6) is -1.93. The van der Waals surface area contributed by atoms with Gasteiger partial charge in [-0.15, -0.1) is 0 Å². The molecule has 3 rings (SSSR count).